The number of anilines is 1. The van der Waals surface area contributed by atoms with E-state index < -0.39 is 0 Å². The second kappa shape index (κ2) is 6.90. The Morgan fingerprint density at radius 2 is 1.83 bits per heavy atom. The minimum Gasteiger partial charge on any atom is -0.490 e. The highest BCUT2D eigenvalue weighted by Gasteiger charge is 2.62. The average molecular weight is 411 g/mol. The van der Waals surface area contributed by atoms with Gasteiger partial charge < -0.3 is 15.4 Å². The Kier molecular flexibility index (Phi) is 4.65. The lowest BCUT2D eigenvalue weighted by Crippen LogP contribution is -2.62. The summed E-state index contributed by atoms with van der Waals surface area (Å²) in [4.78, 5) is 14.5. The fourth-order valence-corrected chi connectivity index (χ4v) is 8.29. The second-order valence-corrected chi connectivity index (χ2v) is 11.5. The van der Waals surface area contributed by atoms with Gasteiger partial charge in [0.1, 0.15) is 5.75 Å². The maximum atomic E-state index is 12.4. The monoisotopic (exact) mass is 410 g/mol. The minimum absolute atomic E-state index is 0.275. The number of likely N-dealkylation sites (tertiary alicyclic amines) is 1. The maximum absolute atomic E-state index is 12.4. The van der Waals surface area contributed by atoms with Gasteiger partial charge in [-0.3, -0.25) is 4.79 Å². The molecule has 30 heavy (non-hydrogen) atoms. The van der Waals surface area contributed by atoms with Crippen molar-refractivity contribution in [1.29, 1.82) is 0 Å². The van der Waals surface area contributed by atoms with E-state index in [1.165, 1.54) is 19.3 Å². The highest BCUT2D eigenvalue weighted by Crippen LogP contribution is 2.66. The lowest BCUT2D eigenvalue weighted by molar-refractivity contribution is -0.164. The number of amides is 1. The van der Waals surface area contributed by atoms with E-state index in [1.807, 2.05) is 24.3 Å². The van der Waals surface area contributed by atoms with Crippen LogP contribution >= 0.6 is 0 Å². The average Bonchev–Trinajstić information content (AvgIpc) is 3.04. The molecule has 1 saturated heterocycles. The SMILES string of the molecule is C[C@H]1CC2N(C)C(=O)CC[C@]2(C)C2CC[C@]3(C)C[C@@H](Oc4ccc(N)cc4)CC3C21. The number of hydrogen-bond acceptors (Lipinski definition) is 3. The molecule has 5 rings (SSSR count). The number of nitrogens with zero attached hydrogens (tertiary/aromatic N) is 1. The van der Waals surface area contributed by atoms with Crippen LogP contribution in [0.2, 0.25) is 0 Å². The zero-order chi connectivity index (χ0) is 21.3. The van der Waals surface area contributed by atoms with E-state index in [-0.39, 0.29) is 5.41 Å². The molecule has 1 aromatic rings. The number of ether oxygens (including phenoxy) is 1. The van der Waals surface area contributed by atoms with Crippen molar-refractivity contribution in [3.63, 3.8) is 0 Å². The van der Waals surface area contributed by atoms with Crippen molar-refractivity contribution in [2.45, 2.75) is 77.9 Å². The first kappa shape index (κ1) is 20.2. The minimum atomic E-state index is 0.275. The first-order valence-corrected chi connectivity index (χ1v) is 12.0. The summed E-state index contributed by atoms with van der Waals surface area (Å²) in [6.07, 6.45) is 8.21. The molecule has 1 amide bonds. The van der Waals surface area contributed by atoms with E-state index in [9.17, 15) is 4.79 Å². The van der Waals surface area contributed by atoms with Gasteiger partial charge in [-0.15, -0.1) is 0 Å². The van der Waals surface area contributed by atoms with Crippen LogP contribution in [0.4, 0.5) is 5.69 Å². The highest BCUT2D eigenvalue weighted by molar-refractivity contribution is 5.77. The largest absolute Gasteiger partial charge is 0.490 e. The van der Waals surface area contributed by atoms with Crippen molar-refractivity contribution < 1.29 is 9.53 Å². The molecule has 4 nitrogen and oxygen atoms in total. The van der Waals surface area contributed by atoms with Gasteiger partial charge >= 0.3 is 0 Å². The first-order valence-electron chi connectivity index (χ1n) is 12.0. The number of nitrogens with two attached hydrogens (primary N) is 1. The summed E-state index contributed by atoms with van der Waals surface area (Å²) in [5.74, 6) is 4.18. The summed E-state index contributed by atoms with van der Waals surface area (Å²) in [5, 5.41) is 0. The molecule has 0 spiro atoms. The number of carbonyl (C=O) groups is 1. The second-order valence-electron chi connectivity index (χ2n) is 11.5. The summed E-state index contributed by atoms with van der Waals surface area (Å²) in [5.41, 5.74) is 7.29. The molecule has 3 aliphatic carbocycles. The highest BCUT2D eigenvalue weighted by atomic mass is 16.5. The molecule has 1 aliphatic heterocycles. The van der Waals surface area contributed by atoms with Gasteiger partial charge in [0.2, 0.25) is 5.91 Å². The number of nitrogen functional groups attached to an aromatic ring is 1. The van der Waals surface area contributed by atoms with Gasteiger partial charge in [-0.1, -0.05) is 20.8 Å². The summed E-state index contributed by atoms with van der Waals surface area (Å²) in [6.45, 7) is 7.49. The maximum Gasteiger partial charge on any atom is 0.222 e. The van der Waals surface area contributed by atoms with Crippen LogP contribution in [-0.4, -0.2) is 30.0 Å². The number of hydrogen-bond donors (Lipinski definition) is 1. The Bertz CT molecular complexity index is 823. The Labute approximate surface area is 181 Å². The summed E-state index contributed by atoms with van der Waals surface area (Å²) in [7, 11) is 2.05. The van der Waals surface area contributed by atoms with Crippen LogP contribution in [0.3, 0.4) is 0 Å². The smallest absolute Gasteiger partial charge is 0.222 e. The first-order chi connectivity index (χ1) is 14.2. The van der Waals surface area contributed by atoms with E-state index in [4.69, 9.17) is 10.5 Å². The number of fused-ring (bicyclic) bond motifs is 5. The number of piperidine rings is 1. The van der Waals surface area contributed by atoms with E-state index in [0.29, 0.717) is 29.4 Å². The summed E-state index contributed by atoms with van der Waals surface area (Å²) < 4.78 is 6.46. The molecular weight excluding hydrogens is 372 g/mol. The van der Waals surface area contributed by atoms with Gasteiger partial charge in [0, 0.05) is 25.2 Å². The molecule has 1 aromatic carbocycles. The standard InChI is InChI=1S/C26H38N2O2/c1-16-13-22-26(3,12-10-23(29)28(22)4)20-9-11-25(2)15-19(14-21(25)24(16)20)30-18-7-5-17(27)6-8-18/h5-8,16,19-22,24H,9-15,27H2,1-4H3/t16-,19-,20?,21?,22?,24?,25+,26+/m0/s1. The van der Waals surface area contributed by atoms with Crippen molar-refractivity contribution in [2.75, 3.05) is 12.8 Å². The van der Waals surface area contributed by atoms with Crippen molar-refractivity contribution in [1.82, 2.24) is 4.90 Å². The Balaban J connectivity index is 1.39. The predicted molar refractivity (Wildman–Crippen MR) is 120 cm³/mol. The Hall–Kier alpha value is -1.71. The van der Waals surface area contributed by atoms with Crippen molar-refractivity contribution in [3.8, 4) is 5.75 Å². The van der Waals surface area contributed by atoms with Gasteiger partial charge in [-0.05, 0) is 97.3 Å². The van der Waals surface area contributed by atoms with Gasteiger partial charge in [-0.2, -0.15) is 0 Å². The summed E-state index contributed by atoms with van der Waals surface area (Å²) >= 11 is 0. The lowest BCUT2D eigenvalue weighted by Gasteiger charge is -2.63. The third-order valence-electron chi connectivity index (χ3n) is 9.84. The lowest BCUT2D eigenvalue weighted by atomic mass is 9.45. The van der Waals surface area contributed by atoms with Crippen LogP contribution in [-0.2, 0) is 4.79 Å². The zero-order valence-corrected chi connectivity index (χ0v) is 19.1. The third kappa shape index (κ3) is 2.97. The third-order valence-corrected chi connectivity index (χ3v) is 9.84. The van der Waals surface area contributed by atoms with Gasteiger partial charge in [0.05, 0.1) is 6.10 Å². The van der Waals surface area contributed by atoms with Crippen LogP contribution in [0.25, 0.3) is 0 Å². The van der Waals surface area contributed by atoms with Crippen LogP contribution < -0.4 is 10.5 Å². The van der Waals surface area contributed by atoms with Gasteiger partial charge in [0.25, 0.3) is 0 Å². The van der Waals surface area contributed by atoms with Crippen molar-refractivity contribution in [3.05, 3.63) is 24.3 Å². The van der Waals surface area contributed by atoms with Crippen LogP contribution in [0.5, 0.6) is 5.75 Å². The van der Waals surface area contributed by atoms with E-state index in [1.54, 1.807) is 0 Å². The van der Waals surface area contributed by atoms with Gasteiger partial charge in [-0.25, -0.2) is 0 Å². The number of carbonyl (C=O) groups excluding carboxylic acids is 1. The molecule has 164 valence electrons. The Morgan fingerprint density at radius 3 is 2.57 bits per heavy atom. The zero-order valence-electron chi connectivity index (χ0n) is 19.1. The molecule has 4 unspecified atom stereocenters. The normalized spacial score (nSPS) is 45.5. The number of benzene rings is 1. The quantitative estimate of drug-likeness (QED) is 0.688. The molecule has 2 N–H and O–H groups in total. The Morgan fingerprint density at radius 1 is 1.10 bits per heavy atom. The van der Waals surface area contributed by atoms with Crippen LogP contribution in [0.15, 0.2) is 24.3 Å². The number of rotatable bonds is 2. The molecule has 4 fully saturated rings. The van der Waals surface area contributed by atoms with Crippen molar-refractivity contribution >= 4 is 11.6 Å². The van der Waals surface area contributed by atoms with Crippen LogP contribution in [0, 0.1) is 34.5 Å². The fourth-order valence-electron chi connectivity index (χ4n) is 8.29. The van der Waals surface area contributed by atoms with E-state index in [2.05, 4.69) is 32.7 Å². The van der Waals surface area contributed by atoms with E-state index >= 15 is 0 Å². The molecule has 8 atom stereocenters. The summed E-state index contributed by atoms with van der Waals surface area (Å²) in [6, 6.07) is 8.29. The van der Waals surface area contributed by atoms with E-state index in [0.717, 1.165) is 54.9 Å². The molecule has 3 saturated carbocycles. The molecule has 4 heteroatoms. The molecule has 0 radical (unpaired) electrons. The predicted octanol–water partition coefficient (Wildman–Crippen LogP) is 5.13. The van der Waals surface area contributed by atoms with Crippen LogP contribution in [0.1, 0.15) is 65.7 Å². The molecule has 1 heterocycles. The molecular formula is C26H38N2O2. The molecule has 0 aromatic heterocycles. The fraction of sp³-hybridized carbons (Fsp3) is 0.731. The van der Waals surface area contributed by atoms with Crippen molar-refractivity contribution in [2.24, 2.45) is 34.5 Å². The van der Waals surface area contributed by atoms with Gasteiger partial charge in [0.15, 0.2) is 0 Å². The molecule has 0 bridgehead atoms. The molecule has 4 aliphatic rings. The topological polar surface area (TPSA) is 55.6 Å².